The summed E-state index contributed by atoms with van der Waals surface area (Å²) in [6.07, 6.45) is 0. The first-order valence-electron chi connectivity index (χ1n) is 6.25. The van der Waals surface area contributed by atoms with Crippen molar-refractivity contribution in [1.82, 2.24) is 0 Å². The van der Waals surface area contributed by atoms with E-state index < -0.39 is 0 Å². The molecule has 0 spiro atoms. The molecule has 0 aliphatic heterocycles. The van der Waals surface area contributed by atoms with Gasteiger partial charge in [-0.05, 0) is 67.8 Å². The van der Waals surface area contributed by atoms with Crippen LogP contribution in [-0.2, 0) is 0 Å². The molecule has 1 unspecified atom stereocenters. The van der Waals surface area contributed by atoms with Gasteiger partial charge in [0.1, 0.15) is 0 Å². The molecule has 3 heteroatoms. The van der Waals surface area contributed by atoms with Gasteiger partial charge < -0.3 is 5.32 Å². The topological polar surface area (TPSA) is 12.0 Å². The zero-order valence-corrected chi connectivity index (χ0v) is 12.8. The van der Waals surface area contributed by atoms with E-state index in [0.717, 1.165) is 16.3 Å². The third kappa shape index (κ3) is 3.65. The fraction of sp³-hybridized carbons (Fsp3) is 0.250. The molecule has 0 aromatic heterocycles. The molecular weight excluding hydrogens is 277 g/mol. The van der Waals surface area contributed by atoms with Gasteiger partial charge in [0.05, 0.1) is 6.04 Å². The SMILES string of the molecule is Cc1cc(C)cc(NC(C)c2cc(Cl)ccc2Cl)c1. The zero-order chi connectivity index (χ0) is 14.0. The first kappa shape index (κ1) is 14.2. The van der Waals surface area contributed by atoms with E-state index in [2.05, 4.69) is 44.3 Å². The van der Waals surface area contributed by atoms with Crippen LogP contribution in [0.15, 0.2) is 36.4 Å². The molecule has 1 atom stereocenters. The maximum atomic E-state index is 6.22. The van der Waals surface area contributed by atoms with Crippen molar-refractivity contribution in [2.45, 2.75) is 26.8 Å². The Morgan fingerprint density at radius 3 is 2.21 bits per heavy atom. The second-order valence-electron chi connectivity index (χ2n) is 4.91. The van der Waals surface area contributed by atoms with Crippen LogP contribution in [-0.4, -0.2) is 0 Å². The maximum Gasteiger partial charge on any atom is 0.0500 e. The Kier molecular flexibility index (Phi) is 4.38. The van der Waals surface area contributed by atoms with Crippen LogP contribution in [0, 0.1) is 13.8 Å². The third-order valence-corrected chi connectivity index (χ3v) is 3.61. The van der Waals surface area contributed by atoms with Crippen molar-refractivity contribution in [2.75, 3.05) is 5.32 Å². The summed E-state index contributed by atoms with van der Waals surface area (Å²) in [5.41, 5.74) is 4.59. The van der Waals surface area contributed by atoms with Gasteiger partial charge in [0.15, 0.2) is 0 Å². The second kappa shape index (κ2) is 5.85. The van der Waals surface area contributed by atoms with Gasteiger partial charge in [-0.1, -0.05) is 29.3 Å². The number of hydrogen-bond acceptors (Lipinski definition) is 1. The molecule has 0 bridgehead atoms. The van der Waals surface area contributed by atoms with Crippen molar-refractivity contribution in [1.29, 1.82) is 0 Å². The van der Waals surface area contributed by atoms with Gasteiger partial charge in [-0.25, -0.2) is 0 Å². The summed E-state index contributed by atoms with van der Waals surface area (Å²) in [5.74, 6) is 0. The highest BCUT2D eigenvalue weighted by atomic mass is 35.5. The van der Waals surface area contributed by atoms with E-state index in [0.29, 0.717) is 5.02 Å². The van der Waals surface area contributed by atoms with Crippen LogP contribution >= 0.6 is 23.2 Å². The number of hydrogen-bond donors (Lipinski definition) is 1. The summed E-state index contributed by atoms with van der Waals surface area (Å²) in [7, 11) is 0. The summed E-state index contributed by atoms with van der Waals surface area (Å²) in [6, 6.07) is 12.1. The van der Waals surface area contributed by atoms with E-state index in [1.165, 1.54) is 11.1 Å². The largest absolute Gasteiger partial charge is 0.378 e. The van der Waals surface area contributed by atoms with E-state index in [-0.39, 0.29) is 6.04 Å². The lowest BCUT2D eigenvalue weighted by Gasteiger charge is -2.18. The number of aryl methyl sites for hydroxylation is 2. The molecular formula is C16H17Cl2N. The van der Waals surface area contributed by atoms with E-state index in [1.807, 2.05) is 12.1 Å². The first-order valence-corrected chi connectivity index (χ1v) is 7.01. The molecule has 2 aromatic rings. The Morgan fingerprint density at radius 1 is 0.947 bits per heavy atom. The molecule has 0 saturated heterocycles. The van der Waals surface area contributed by atoms with Crippen molar-refractivity contribution < 1.29 is 0 Å². The molecule has 0 aliphatic rings. The summed E-state index contributed by atoms with van der Waals surface area (Å²) in [5, 5.41) is 4.90. The van der Waals surface area contributed by atoms with Crippen LogP contribution < -0.4 is 5.32 Å². The van der Waals surface area contributed by atoms with Gasteiger partial charge in [0, 0.05) is 15.7 Å². The molecule has 2 rings (SSSR count). The molecule has 100 valence electrons. The average Bonchev–Trinajstić information content (AvgIpc) is 2.30. The summed E-state index contributed by atoms with van der Waals surface area (Å²) >= 11 is 12.2. The molecule has 0 aliphatic carbocycles. The lowest BCUT2D eigenvalue weighted by molar-refractivity contribution is 0.884. The highest BCUT2D eigenvalue weighted by molar-refractivity contribution is 6.33. The number of halogens is 2. The Hall–Kier alpha value is -1.18. The Labute approximate surface area is 124 Å². The molecule has 0 radical (unpaired) electrons. The maximum absolute atomic E-state index is 6.22. The normalized spacial score (nSPS) is 12.3. The quantitative estimate of drug-likeness (QED) is 0.756. The lowest BCUT2D eigenvalue weighted by atomic mass is 10.1. The fourth-order valence-electron chi connectivity index (χ4n) is 2.23. The highest BCUT2D eigenvalue weighted by Crippen LogP contribution is 2.29. The van der Waals surface area contributed by atoms with Gasteiger partial charge in [0.2, 0.25) is 0 Å². The van der Waals surface area contributed by atoms with Crippen molar-refractivity contribution in [3.63, 3.8) is 0 Å². The lowest BCUT2D eigenvalue weighted by Crippen LogP contribution is -2.07. The monoisotopic (exact) mass is 293 g/mol. The van der Waals surface area contributed by atoms with Crippen LogP contribution in [0.5, 0.6) is 0 Å². The van der Waals surface area contributed by atoms with Crippen molar-refractivity contribution in [2.24, 2.45) is 0 Å². The predicted molar refractivity (Wildman–Crippen MR) is 84.4 cm³/mol. The highest BCUT2D eigenvalue weighted by Gasteiger charge is 2.10. The van der Waals surface area contributed by atoms with Gasteiger partial charge in [-0.3, -0.25) is 0 Å². The van der Waals surface area contributed by atoms with E-state index in [9.17, 15) is 0 Å². The minimum atomic E-state index is 0.104. The molecule has 0 amide bonds. The molecule has 19 heavy (non-hydrogen) atoms. The Bertz CT molecular complexity index is 573. The molecule has 0 heterocycles. The van der Waals surface area contributed by atoms with Crippen LogP contribution in [0.2, 0.25) is 10.0 Å². The summed E-state index contributed by atoms with van der Waals surface area (Å²) in [4.78, 5) is 0. The van der Waals surface area contributed by atoms with Gasteiger partial charge in [0.25, 0.3) is 0 Å². The molecule has 1 N–H and O–H groups in total. The van der Waals surface area contributed by atoms with Crippen LogP contribution in [0.4, 0.5) is 5.69 Å². The van der Waals surface area contributed by atoms with E-state index >= 15 is 0 Å². The minimum Gasteiger partial charge on any atom is -0.378 e. The minimum absolute atomic E-state index is 0.104. The first-order chi connectivity index (χ1) is 8.95. The molecule has 2 aromatic carbocycles. The summed E-state index contributed by atoms with van der Waals surface area (Å²) < 4.78 is 0. The Balaban J connectivity index is 2.25. The van der Waals surface area contributed by atoms with Gasteiger partial charge >= 0.3 is 0 Å². The van der Waals surface area contributed by atoms with E-state index in [1.54, 1.807) is 6.07 Å². The summed E-state index contributed by atoms with van der Waals surface area (Å²) in [6.45, 7) is 6.26. The van der Waals surface area contributed by atoms with Crippen molar-refractivity contribution in [3.05, 3.63) is 63.1 Å². The standard InChI is InChI=1S/C16H17Cl2N/c1-10-6-11(2)8-14(7-10)19-12(3)15-9-13(17)4-5-16(15)18/h4-9,12,19H,1-3H3. The van der Waals surface area contributed by atoms with Crippen LogP contribution in [0.25, 0.3) is 0 Å². The van der Waals surface area contributed by atoms with Crippen molar-refractivity contribution >= 4 is 28.9 Å². The number of anilines is 1. The van der Waals surface area contributed by atoms with E-state index in [4.69, 9.17) is 23.2 Å². The molecule has 0 saturated carbocycles. The smallest absolute Gasteiger partial charge is 0.0500 e. The average molecular weight is 294 g/mol. The van der Waals surface area contributed by atoms with Gasteiger partial charge in [-0.2, -0.15) is 0 Å². The Morgan fingerprint density at radius 2 is 1.58 bits per heavy atom. The second-order valence-corrected chi connectivity index (χ2v) is 5.75. The predicted octanol–water partition coefficient (Wildman–Crippen LogP) is 5.78. The van der Waals surface area contributed by atoms with Gasteiger partial charge in [-0.15, -0.1) is 0 Å². The zero-order valence-electron chi connectivity index (χ0n) is 11.3. The van der Waals surface area contributed by atoms with Crippen molar-refractivity contribution in [3.8, 4) is 0 Å². The fourth-order valence-corrected chi connectivity index (χ4v) is 2.69. The molecule has 0 fully saturated rings. The third-order valence-electron chi connectivity index (χ3n) is 3.03. The van der Waals surface area contributed by atoms with Crippen LogP contribution in [0.1, 0.15) is 29.7 Å². The number of benzene rings is 2. The van der Waals surface area contributed by atoms with Crippen LogP contribution in [0.3, 0.4) is 0 Å². The number of nitrogens with one attached hydrogen (secondary N) is 1. The number of rotatable bonds is 3. The molecule has 1 nitrogen and oxygen atoms in total.